The van der Waals surface area contributed by atoms with E-state index in [-0.39, 0.29) is 12.3 Å². The summed E-state index contributed by atoms with van der Waals surface area (Å²) in [7, 11) is 0. The molecule has 0 atom stereocenters. The summed E-state index contributed by atoms with van der Waals surface area (Å²) in [6, 6.07) is 12.6. The Hall–Kier alpha value is -2.59. The number of benzene rings is 2. The van der Waals surface area contributed by atoms with Crippen LogP contribution in [-0.4, -0.2) is 21.4 Å². The number of carbonyl (C=O) groups is 2. The van der Waals surface area contributed by atoms with Gasteiger partial charge in [0.25, 0.3) is 0 Å². The van der Waals surface area contributed by atoms with Gasteiger partial charge in [0, 0.05) is 27.2 Å². The third-order valence-corrected chi connectivity index (χ3v) is 4.68. The Kier molecular flexibility index (Phi) is 4.64. The van der Waals surface area contributed by atoms with Crippen molar-refractivity contribution in [2.45, 2.75) is 26.8 Å². The van der Waals surface area contributed by atoms with E-state index < -0.39 is 5.97 Å². The van der Waals surface area contributed by atoms with Crippen LogP contribution in [0.3, 0.4) is 0 Å². The fourth-order valence-electron chi connectivity index (χ4n) is 3.11. The molecule has 0 radical (unpaired) electrons. The number of aryl methyl sites for hydroxylation is 1. The maximum absolute atomic E-state index is 13.0. The van der Waals surface area contributed by atoms with E-state index in [1.165, 1.54) is 0 Å². The summed E-state index contributed by atoms with van der Waals surface area (Å²) in [6.45, 7) is 3.65. The Morgan fingerprint density at radius 3 is 2.40 bits per heavy atom. The van der Waals surface area contributed by atoms with Crippen LogP contribution < -0.4 is 0 Å². The largest absolute Gasteiger partial charge is 0.480 e. The van der Waals surface area contributed by atoms with Gasteiger partial charge >= 0.3 is 5.97 Å². The molecule has 4 nitrogen and oxygen atoms in total. The maximum Gasteiger partial charge on any atom is 0.323 e. The van der Waals surface area contributed by atoms with E-state index in [1.807, 2.05) is 25.1 Å². The van der Waals surface area contributed by atoms with Gasteiger partial charge in [0.15, 0.2) is 5.78 Å². The van der Waals surface area contributed by atoms with Gasteiger partial charge in [-0.2, -0.15) is 0 Å². The van der Waals surface area contributed by atoms with Crippen molar-refractivity contribution in [3.63, 3.8) is 0 Å². The highest BCUT2D eigenvalue weighted by Gasteiger charge is 2.22. The van der Waals surface area contributed by atoms with Gasteiger partial charge in [-0.05, 0) is 49.2 Å². The average Bonchev–Trinajstić information content (AvgIpc) is 2.86. The van der Waals surface area contributed by atoms with E-state index in [4.69, 9.17) is 11.6 Å². The molecular weight excluding hydrogens is 338 g/mol. The zero-order valence-electron chi connectivity index (χ0n) is 14.0. The van der Waals surface area contributed by atoms with Gasteiger partial charge in [0.1, 0.15) is 6.54 Å². The fourth-order valence-corrected chi connectivity index (χ4v) is 3.24. The lowest BCUT2D eigenvalue weighted by Gasteiger charge is -2.06. The smallest absolute Gasteiger partial charge is 0.323 e. The third kappa shape index (κ3) is 3.17. The Bertz CT molecular complexity index is 971. The molecule has 0 aliphatic carbocycles. The second-order valence-electron chi connectivity index (χ2n) is 5.98. The molecule has 0 saturated carbocycles. The molecule has 128 valence electrons. The summed E-state index contributed by atoms with van der Waals surface area (Å²) in [6.07, 6.45) is 0.841. The summed E-state index contributed by atoms with van der Waals surface area (Å²) >= 11 is 5.90. The lowest BCUT2D eigenvalue weighted by atomic mass is 9.99. The van der Waals surface area contributed by atoms with Gasteiger partial charge < -0.3 is 9.67 Å². The maximum atomic E-state index is 13.0. The van der Waals surface area contributed by atoms with Crippen LogP contribution in [0.5, 0.6) is 0 Å². The molecule has 1 heterocycles. The summed E-state index contributed by atoms with van der Waals surface area (Å²) in [5, 5.41) is 10.6. The van der Waals surface area contributed by atoms with Crippen molar-refractivity contribution < 1.29 is 14.7 Å². The zero-order chi connectivity index (χ0) is 18.1. The molecule has 1 N–H and O–H groups in total. The van der Waals surface area contributed by atoms with Crippen LogP contribution in [0.2, 0.25) is 5.02 Å². The first-order valence-corrected chi connectivity index (χ1v) is 8.44. The number of carboxylic acid groups (broad SMARTS) is 1. The lowest BCUT2D eigenvalue weighted by Crippen LogP contribution is -2.11. The van der Waals surface area contributed by atoms with Gasteiger partial charge in [-0.25, -0.2) is 0 Å². The first-order valence-electron chi connectivity index (χ1n) is 8.06. The molecule has 0 bridgehead atoms. The first-order chi connectivity index (χ1) is 11.9. The van der Waals surface area contributed by atoms with Crippen molar-refractivity contribution in [2.75, 3.05) is 0 Å². The predicted molar refractivity (Wildman–Crippen MR) is 98.6 cm³/mol. The minimum Gasteiger partial charge on any atom is -0.480 e. The van der Waals surface area contributed by atoms with Gasteiger partial charge in [-0.3, -0.25) is 9.59 Å². The SMILES string of the molecule is CCc1ccc2c(C(=O)c3ccc(Cl)cc3)c(C)n(CC(=O)O)c2c1. The molecular formula is C20H18ClNO3. The number of ketones is 1. The number of fused-ring (bicyclic) bond motifs is 1. The summed E-state index contributed by atoms with van der Waals surface area (Å²) in [5.41, 5.74) is 3.60. The van der Waals surface area contributed by atoms with Crippen molar-refractivity contribution in [2.24, 2.45) is 0 Å². The Morgan fingerprint density at radius 1 is 1.12 bits per heavy atom. The van der Waals surface area contributed by atoms with Crippen molar-refractivity contribution >= 4 is 34.3 Å². The van der Waals surface area contributed by atoms with E-state index in [2.05, 4.69) is 0 Å². The van der Waals surface area contributed by atoms with E-state index in [0.717, 1.165) is 22.9 Å². The van der Waals surface area contributed by atoms with E-state index in [9.17, 15) is 14.7 Å². The van der Waals surface area contributed by atoms with Crippen LogP contribution in [0, 0.1) is 6.92 Å². The number of aromatic nitrogens is 1. The third-order valence-electron chi connectivity index (χ3n) is 4.42. The van der Waals surface area contributed by atoms with Crippen LogP contribution in [0.25, 0.3) is 10.9 Å². The van der Waals surface area contributed by atoms with Gasteiger partial charge in [-0.1, -0.05) is 30.7 Å². The molecule has 0 unspecified atom stereocenters. The number of hydrogen-bond donors (Lipinski definition) is 1. The molecule has 0 amide bonds. The zero-order valence-corrected chi connectivity index (χ0v) is 14.8. The lowest BCUT2D eigenvalue weighted by molar-refractivity contribution is -0.137. The van der Waals surface area contributed by atoms with E-state index in [0.29, 0.717) is 21.8 Å². The number of aliphatic carboxylic acids is 1. The topological polar surface area (TPSA) is 59.3 Å². The van der Waals surface area contributed by atoms with Crippen LogP contribution >= 0.6 is 11.6 Å². The number of carbonyl (C=O) groups excluding carboxylic acids is 1. The number of halogens is 1. The van der Waals surface area contributed by atoms with Crippen molar-refractivity contribution in [1.29, 1.82) is 0 Å². The monoisotopic (exact) mass is 355 g/mol. The van der Waals surface area contributed by atoms with Crippen LogP contribution in [0.15, 0.2) is 42.5 Å². The van der Waals surface area contributed by atoms with Crippen molar-refractivity contribution in [3.05, 3.63) is 69.9 Å². The molecule has 3 rings (SSSR count). The quantitative estimate of drug-likeness (QED) is 0.686. The minimum absolute atomic E-state index is 0.132. The molecule has 25 heavy (non-hydrogen) atoms. The second-order valence-corrected chi connectivity index (χ2v) is 6.42. The molecule has 0 spiro atoms. The first kappa shape index (κ1) is 17.2. The number of hydrogen-bond acceptors (Lipinski definition) is 2. The van der Waals surface area contributed by atoms with Crippen molar-refractivity contribution in [3.8, 4) is 0 Å². The van der Waals surface area contributed by atoms with Crippen LogP contribution in [-0.2, 0) is 17.8 Å². The highest BCUT2D eigenvalue weighted by atomic mass is 35.5. The predicted octanol–water partition coefficient (Wildman–Crippen LogP) is 4.48. The molecule has 0 saturated heterocycles. The highest BCUT2D eigenvalue weighted by molar-refractivity contribution is 6.30. The number of nitrogens with zero attached hydrogens (tertiary/aromatic N) is 1. The molecule has 5 heteroatoms. The normalized spacial score (nSPS) is 11.0. The number of carboxylic acids is 1. The van der Waals surface area contributed by atoms with Gasteiger partial charge in [0.05, 0.1) is 5.56 Å². The number of rotatable bonds is 5. The van der Waals surface area contributed by atoms with E-state index in [1.54, 1.807) is 35.8 Å². The molecule has 1 aromatic heterocycles. The summed E-state index contributed by atoms with van der Waals surface area (Å²) in [4.78, 5) is 24.3. The standard InChI is InChI=1S/C20H18ClNO3/c1-3-13-4-9-16-17(10-13)22(11-18(23)24)12(2)19(16)20(25)14-5-7-15(21)8-6-14/h4-10H,3,11H2,1-2H3,(H,23,24). The van der Waals surface area contributed by atoms with E-state index >= 15 is 0 Å². The van der Waals surface area contributed by atoms with Crippen LogP contribution in [0.4, 0.5) is 0 Å². The molecule has 0 fully saturated rings. The summed E-state index contributed by atoms with van der Waals surface area (Å²) < 4.78 is 1.69. The fraction of sp³-hybridized carbons (Fsp3) is 0.200. The molecule has 0 aliphatic heterocycles. The molecule has 2 aromatic carbocycles. The Morgan fingerprint density at radius 2 is 1.80 bits per heavy atom. The minimum atomic E-state index is -0.938. The summed E-state index contributed by atoms with van der Waals surface area (Å²) in [5.74, 6) is -1.07. The molecule has 0 aliphatic rings. The molecule has 3 aromatic rings. The Labute approximate surface area is 150 Å². The van der Waals surface area contributed by atoms with Crippen LogP contribution in [0.1, 0.15) is 34.1 Å². The van der Waals surface area contributed by atoms with Gasteiger partial charge in [0.2, 0.25) is 0 Å². The highest BCUT2D eigenvalue weighted by Crippen LogP contribution is 2.29. The Balaban J connectivity index is 2.23. The van der Waals surface area contributed by atoms with Crippen molar-refractivity contribution in [1.82, 2.24) is 4.57 Å². The average molecular weight is 356 g/mol. The second kappa shape index (κ2) is 6.73. The van der Waals surface area contributed by atoms with Gasteiger partial charge in [-0.15, -0.1) is 0 Å².